The predicted octanol–water partition coefficient (Wildman–Crippen LogP) is 4.26. The minimum atomic E-state index is -0.123. The van der Waals surface area contributed by atoms with E-state index in [4.69, 9.17) is 0 Å². The van der Waals surface area contributed by atoms with Crippen LogP contribution in [0.5, 0.6) is 0 Å². The summed E-state index contributed by atoms with van der Waals surface area (Å²) < 4.78 is 0. The zero-order chi connectivity index (χ0) is 17.6. The molecule has 130 valence electrons. The van der Waals surface area contributed by atoms with E-state index in [-0.39, 0.29) is 18.6 Å². The smallest absolute Gasteiger partial charge is 0.227 e. The standard InChI is InChI=1S/C22H25NO2/c1-2-3-4-5-6-9-17-12-14-21(20-11-8-7-10-19(17)20)23-18(16-24)13-15-22(23)25/h7-8,10-12,14,18,24H,2-5,13,15-16H2,1H3. The highest BCUT2D eigenvalue weighted by Gasteiger charge is 2.32. The van der Waals surface area contributed by atoms with Gasteiger partial charge in [-0.05, 0) is 30.4 Å². The van der Waals surface area contributed by atoms with Crippen molar-refractivity contribution in [1.29, 1.82) is 0 Å². The number of carbonyl (C=O) groups excluding carboxylic acids is 1. The first-order chi connectivity index (χ1) is 12.3. The van der Waals surface area contributed by atoms with Gasteiger partial charge in [-0.15, -0.1) is 0 Å². The number of aliphatic hydroxyl groups is 1. The third-order valence-electron chi connectivity index (χ3n) is 4.82. The number of hydrogen-bond acceptors (Lipinski definition) is 2. The molecule has 3 heteroatoms. The maximum absolute atomic E-state index is 12.3. The molecule has 3 nitrogen and oxygen atoms in total. The van der Waals surface area contributed by atoms with Crippen molar-refractivity contribution in [3.8, 4) is 11.8 Å². The molecule has 1 aliphatic rings. The Hall–Kier alpha value is -2.31. The van der Waals surface area contributed by atoms with Crippen molar-refractivity contribution >= 4 is 22.4 Å². The second kappa shape index (κ2) is 8.18. The van der Waals surface area contributed by atoms with E-state index in [2.05, 4.69) is 24.8 Å². The number of amides is 1. The lowest BCUT2D eigenvalue weighted by Gasteiger charge is -2.25. The number of benzene rings is 2. The Labute approximate surface area is 149 Å². The van der Waals surface area contributed by atoms with Gasteiger partial charge < -0.3 is 10.0 Å². The first-order valence-electron chi connectivity index (χ1n) is 9.19. The summed E-state index contributed by atoms with van der Waals surface area (Å²) in [5.74, 6) is 6.66. The van der Waals surface area contributed by atoms with Crippen molar-refractivity contribution in [2.24, 2.45) is 0 Å². The van der Waals surface area contributed by atoms with Crippen molar-refractivity contribution in [2.75, 3.05) is 11.5 Å². The van der Waals surface area contributed by atoms with E-state index in [0.29, 0.717) is 12.8 Å². The Morgan fingerprint density at radius 1 is 1.16 bits per heavy atom. The Morgan fingerprint density at radius 2 is 1.96 bits per heavy atom. The summed E-state index contributed by atoms with van der Waals surface area (Å²) in [6.45, 7) is 2.19. The summed E-state index contributed by atoms with van der Waals surface area (Å²) in [5, 5.41) is 11.7. The molecular weight excluding hydrogens is 310 g/mol. The molecule has 0 saturated carbocycles. The van der Waals surface area contributed by atoms with Gasteiger partial charge in [0.1, 0.15) is 0 Å². The van der Waals surface area contributed by atoms with Crippen molar-refractivity contribution in [1.82, 2.24) is 0 Å². The van der Waals surface area contributed by atoms with Crippen molar-refractivity contribution in [3.63, 3.8) is 0 Å². The summed E-state index contributed by atoms with van der Waals surface area (Å²) in [7, 11) is 0. The largest absolute Gasteiger partial charge is 0.394 e. The number of unbranched alkanes of at least 4 members (excludes halogenated alkanes) is 3. The minimum Gasteiger partial charge on any atom is -0.394 e. The second-order valence-corrected chi connectivity index (χ2v) is 6.58. The summed E-state index contributed by atoms with van der Waals surface area (Å²) in [6.07, 6.45) is 5.69. The summed E-state index contributed by atoms with van der Waals surface area (Å²) in [6, 6.07) is 11.9. The number of carbonyl (C=O) groups is 1. The van der Waals surface area contributed by atoms with Crippen LogP contribution in [-0.2, 0) is 4.79 Å². The fourth-order valence-electron chi connectivity index (χ4n) is 3.47. The zero-order valence-corrected chi connectivity index (χ0v) is 14.8. The normalized spacial score (nSPS) is 17.0. The van der Waals surface area contributed by atoms with Gasteiger partial charge in [0.25, 0.3) is 0 Å². The Kier molecular flexibility index (Phi) is 5.73. The first-order valence-corrected chi connectivity index (χ1v) is 9.19. The molecule has 0 aromatic heterocycles. The van der Waals surface area contributed by atoms with Crippen LogP contribution >= 0.6 is 0 Å². The van der Waals surface area contributed by atoms with Gasteiger partial charge in [-0.2, -0.15) is 0 Å². The van der Waals surface area contributed by atoms with Crippen LogP contribution in [0.1, 0.15) is 51.0 Å². The third-order valence-corrected chi connectivity index (χ3v) is 4.82. The second-order valence-electron chi connectivity index (χ2n) is 6.58. The van der Waals surface area contributed by atoms with E-state index in [1.165, 1.54) is 12.8 Å². The Morgan fingerprint density at radius 3 is 2.72 bits per heavy atom. The van der Waals surface area contributed by atoms with E-state index in [0.717, 1.165) is 34.9 Å². The molecule has 1 atom stereocenters. The number of nitrogens with zero attached hydrogens (tertiary/aromatic N) is 1. The van der Waals surface area contributed by atoms with Gasteiger partial charge in [-0.25, -0.2) is 0 Å². The molecule has 0 radical (unpaired) electrons. The average molecular weight is 335 g/mol. The monoisotopic (exact) mass is 335 g/mol. The zero-order valence-electron chi connectivity index (χ0n) is 14.8. The first kappa shape index (κ1) is 17.5. The van der Waals surface area contributed by atoms with Gasteiger partial charge in [0.2, 0.25) is 5.91 Å². The predicted molar refractivity (Wildman–Crippen MR) is 103 cm³/mol. The van der Waals surface area contributed by atoms with Gasteiger partial charge in [-0.3, -0.25) is 4.79 Å². The van der Waals surface area contributed by atoms with E-state index in [1.807, 2.05) is 30.3 Å². The highest BCUT2D eigenvalue weighted by atomic mass is 16.3. The van der Waals surface area contributed by atoms with Crippen LogP contribution in [0.15, 0.2) is 36.4 Å². The maximum Gasteiger partial charge on any atom is 0.227 e. The lowest BCUT2D eigenvalue weighted by atomic mass is 10.0. The van der Waals surface area contributed by atoms with E-state index >= 15 is 0 Å². The van der Waals surface area contributed by atoms with E-state index in [1.54, 1.807) is 4.90 Å². The molecule has 2 aromatic rings. The van der Waals surface area contributed by atoms with Crippen LogP contribution in [0.2, 0.25) is 0 Å². The number of fused-ring (bicyclic) bond motifs is 1. The molecule has 1 fully saturated rings. The number of rotatable bonds is 5. The molecule has 0 spiro atoms. The maximum atomic E-state index is 12.3. The number of aliphatic hydroxyl groups excluding tert-OH is 1. The summed E-state index contributed by atoms with van der Waals surface area (Å²) >= 11 is 0. The molecule has 1 unspecified atom stereocenters. The fourth-order valence-corrected chi connectivity index (χ4v) is 3.47. The highest BCUT2D eigenvalue weighted by Crippen LogP contribution is 2.34. The molecule has 25 heavy (non-hydrogen) atoms. The SMILES string of the molecule is CCCCCC#Cc1ccc(N2C(=O)CCC2CO)c2ccccc12. The number of anilines is 1. The average Bonchev–Trinajstić information content (AvgIpc) is 3.02. The van der Waals surface area contributed by atoms with Crippen LogP contribution < -0.4 is 4.90 Å². The van der Waals surface area contributed by atoms with Crippen molar-refractivity contribution < 1.29 is 9.90 Å². The third kappa shape index (κ3) is 3.70. The quantitative estimate of drug-likeness (QED) is 0.655. The van der Waals surface area contributed by atoms with Crippen LogP contribution in [-0.4, -0.2) is 23.7 Å². The minimum absolute atomic E-state index is 0.000940. The summed E-state index contributed by atoms with van der Waals surface area (Å²) in [4.78, 5) is 14.1. The molecule has 0 bridgehead atoms. The lowest BCUT2D eigenvalue weighted by molar-refractivity contribution is -0.117. The number of hydrogen-bond donors (Lipinski definition) is 1. The molecule has 2 aromatic carbocycles. The van der Waals surface area contributed by atoms with Gasteiger partial charge >= 0.3 is 0 Å². The topological polar surface area (TPSA) is 40.5 Å². The fraction of sp³-hybridized carbons (Fsp3) is 0.409. The molecule has 1 N–H and O–H groups in total. The van der Waals surface area contributed by atoms with Crippen LogP contribution in [0.25, 0.3) is 10.8 Å². The van der Waals surface area contributed by atoms with Crippen molar-refractivity contribution in [2.45, 2.75) is 51.5 Å². The van der Waals surface area contributed by atoms with E-state index in [9.17, 15) is 9.90 Å². The van der Waals surface area contributed by atoms with E-state index < -0.39 is 0 Å². The molecule has 0 aliphatic carbocycles. The molecule has 1 amide bonds. The van der Waals surface area contributed by atoms with Gasteiger partial charge in [0, 0.05) is 23.8 Å². The van der Waals surface area contributed by atoms with Gasteiger partial charge in [0.05, 0.1) is 18.3 Å². The molecular formula is C22H25NO2. The lowest BCUT2D eigenvalue weighted by Crippen LogP contribution is -2.35. The van der Waals surface area contributed by atoms with Gasteiger partial charge in [0.15, 0.2) is 0 Å². The van der Waals surface area contributed by atoms with Crippen molar-refractivity contribution in [3.05, 3.63) is 42.0 Å². The molecule has 1 aliphatic heterocycles. The van der Waals surface area contributed by atoms with Crippen LogP contribution in [0.3, 0.4) is 0 Å². The Balaban J connectivity index is 1.98. The summed E-state index contributed by atoms with van der Waals surface area (Å²) in [5.41, 5.74) is 1.89. The van der Waals surface area contributed by atoms with Crippen LogP contribution in [0, 0.1) is 11.8 Å². The molecule has 3 rings (SSSR count). The van der Waals surface area contributed by atoms with Crippen LogP contribution in [0.4, 0.5) is 5.69 Å². The van der Waals surface area contributed by atoms with Gasteiger partial charge in [-0.1, -0.05) is 55.9 Å². The molecule has 1 saturated heterocycles. The molecule has 1 heterocycles. The highest BCUT2D eigenvalue weighted by molar-refractivity contribution is 6.06. The Bertz CT molecular complexity index is 816.